The minimum atomic E-state index is 0.119. The van der Waals surface area contributed by atoms with Gasteiger partial charge in [0.1, 0.15) is 0 Å². The largest absolute Gasteiger partial charge is 0.395 e. The standard InChI is InChI=1S/C7H14N2O2/c1-8-2-3-9(6-11)4-7(8)5-10/h6-7,10H,2-5H2,1H3/t7-/m0/s1. The Morgan fingerprint density at radius 2 is 2.36 bits per heavy atom. The van der Waals surface area contributed by atoms with Crippen LogP contribution in [0.25, 0.3) is 0 Å². The van der Waals surface area contributed by atoms with E-state index in [1.807, 2.05) is 7.05 Å². The smallest absolute Gasteiger partial charge is 0.209 e. The Morgan fingerprint density at radius 3 is 2.91 bits per heavy atom. The summed E-state index contributed by atoms with van der Waals surface area (Å²) in [5.41, 5.74) is 0. The molecule has 1 atom stereocenters. The Labute approximate surface area is 66.4 Å². The van der Waals surface area contributed by atoms with E-state index in [1.165, 1.54) is 0 Å². The van der Waals surface area contributed by atoms with E-state index < -0.39 is 0 Å². The molecule has 1 N–H and O–H groups in total. The first-order valence-electron chi connectivity index (χ1n) is 3.78. The lowest BCUT2D eigenvalue weighted by molar-refractivity contribution is -0.121. The summed E-state index contributed by atoms with van der Waals surface area (Å²) in [6.07, 6.45) is 0.843. The Morgan fingerprint density at radius 1 is 1.64 bits per heavy atom. The van der Waals surface area contributed by atoms with E-state index in [4.69, 9.17) is 5.11 Å². The zero-order valence-electron chi connectivity index (χ0n) is 6.73. The molecule has 0 spiro atoms. The van der Waals surface area contributed by atoms with Gasteiger partial charge in [0, 0.05) is 19.6 Å². The lowest BCUT2D eigenvalue weighted by atomic mass is 10.2. The second kappa shape index (κ2) is 3.69. The van der Waals surface area contributed by atoms with Crippen LogP contribution in [0.4, 0.5) is 0 Å². The van der Waals surface area contributed by atoms with Gasteiger partial charge in [-0.1, -0.05) is 0 Å². The van der Waals surface area contributed by atoms with Crippen LogP contribution < -0.4 is 0 Å². The molecule has 4 nitrogen and oxygen atoms in total. The third-order valence-electron chi connectivity index (χ3n) is 2.17. The zero-order valence-corrected chi connectivity index (χ0v) is 6.73. The molecule has 4 heteroatoms. The number of aliphatic hydroxyl groups is 1. The number of carbonyl (C=O) groups excluding carboxylic acids is 1. The Kier molecular flexibility index (Phi) is 2.84. The van der Waals surface area contributed by atoms with Crippen LogP contribution in [-0.4, -0.2) is 60.6 Å². The highest BCUT2D eigenvalue weighted by atomic mass is 16.3. The van der Waals surface area contributed by atoms with Crippen LogP contribution >= 0.6 is 0 Å². The van der Waals surface area contributed by atoms with Gasteiger partial charge >= 0.3 is 0 Å². The number of rotatable bonds is 2. The molecule has 11 heavy (non-hydrogen) atoms. The molecule has 1 aliphatic rings. The maximum absolute atomic E-state index is 10.4. The first-order chi connectivity index (χ1) is 5.27. The number of piperazine rings is 1. The molecule has 1 fully saturated rings. The summed E-state index contributed by atoms with van der Waals surface area (Å²) in [4.78, 5) is 14.1. The molecule has 1 aliphatic heterocycles. The topological polar surface area (TPSA) is 43.8 Å². The fourth-order valence-electron chi connectivity index (χ4n) is 1.26. The summed E-state index contributed by atoms with van der Waals surface area (Å²) in [6.45, 7) is 2.40. The number of nitrogens with zero attached hydrogens (tertiary/aromatic N) is 2. The highest BCUT2D eigenvalue weighted by molar-refractivity contribution is 5.47. The van der Waals surface area contributed by atoms with E-state index in [9.17, 15) is 4.79 Å². The number of hydrogen-bond donors (Lipinski definition) is 1. The van der Waals surface area contributed by atoms with Crippen LogP contribution in [0, 0.1) is 0 Å². The number of hydrogen-bond acceptors (Lipinski definition) is 3. The maximum atomic E-state index is 10.4. The van der Waals surface area contributed by atoms with Crippen LogP contribution in [0.15, 0.2) is 0 Å². The molecule has 0 saturated carbocycles. The van der Waals surface area contributed by atoms with Gasteiger partial charge < -0.3 is 10.0 Å². The van der Waals surface area contributed by atoms with Gasteiger partial charge in [-0.3, -0.25) is 9.69 Å². The molecule has 0 radical (unpaired) electrons. The van der Waals surface area contributed by atoms with Crippen molar-refractivity contribution in [2.24, 2.45) is 0 Å². The molecule has 1 heterocycles. The van der Waals surface area contributed by atoms with Gasteiger partial charge in [0.2, 0.25) is 6.41 Å². The molecule has 1 amide bonds. The molecular formula is C7H14N2O2. The highest BCUT2D eigenvalue weighted by Gasteiger charge is 2.21. The molecule has 64 valence electrons. The minimum absolute atomic E-state index is 0.119. The summed E-state index contributed by atoms with van der Waals surface area (Å²) >= 11 is 0. The van der Waals surface area contributed by atoms with Gasteiger partial charge in [-0.05, 0) is 7.05 Å². The van der Waals surface area contributed by atoms with Crippen LogP contribution in [0.2, 0.25) is 0 Å². The van der Waals surface area contributed by atoms with E-state index in [2.05, 4.69) is 4.90 Å². The summed E-state index contributed by atoms with van der Waals surface area (Å²) in [5.74, 6) is 0. The Bertz CT molecular complexity index is 140. The molecular weight excluding hydrogens is 144 g/mol. The average Bonchev–Trinajstić information content (AvgIpc) is 2.05. The van der Waals surface area contributed by atoms with Crippen molar-refractivity contribution in [3.05, 3.63) is 0 Å². The molecule has 0 unspecified atom stereocenters. The van der Waals surface area contributed by atoms with Crippen LogP contribution in [0.5, 0.6) is 0 Å². The third-order valence-corrected chi connectivity index (χ3v) is 2.17. The zero-order chi connectivity index (χ0) is 8.27. The number of likely N-dealkylation sites (N-methyl/N-ethyl adjacent to an activating group) is 1. The summed E-state index contributed by atoms with van der Waals surface area (Å²) in [7, 11) is 1.96. The second-order valence-corrected chi connectivity index (χ2v) is 2.92. The third kappa shape index (κ3) is 1.91. The quantitative estimate of drug-likeness (QED) is 0.511. The van der Waals surface area contributed by atoms with Gasteiger partial charge in [0.15, 0.2) is 0 Å². The van der Waals surface area contributed by atoms with Crippen molar-refractivity contribution < 1.29 is 9.90 Å². The number of carbonyl (C=O) groups is 1. The molecule has 1 rings (SSSR count). The van der Waals surface area contributed by atoms with Crippen LogP contribution in [0.1, 0.15) is 0 Å². The van der Waals surface area contributed by atoms with Gasteiger partial charge in [0.05, 0.1) is 12.6 Å². The van der Waals surface area contributed by atoms with Crippen molar-refractivity contribution in [2.45, 2.75) is 6.04 Å². The summed E-state index contributed by atoms with van der Waals surface area (Å²) in [6, 6.07) is 0.119. The number of aliphatic hydroxyl groups excluding tert-OH is 1. The molecule has 1 saturated heterocycles. The SMILES string of the molecule is CN1CCN(C=O)C[C@H]1CO. The van der Waals surface area contributed by atoms with Gasteiger partial charge in [0.25, 0.3) is 0 Å². The maximum Gasteiger partial charge on any atom is 0.209 e. The van der Waals surface area contributed by atoms with E-state index in [1.54, 1.807) is 4.90 Å². The molecule has 0 aromatic rings. The normalized spacial score (nSPS) is 27.1. The van der Waals surface area contributed by atoms with Crippen LogP contribution in [0.3, 0.4) is 0 Å². The predicted octanol–water partition coefficient (Wildman–Crippen LogP) is -1.25. The van der Waals surface area contributed by atoms with Gasteiger partial charge in [-0.15, -0.1) is 0 Å². The fourth-order valence-corrected chi connectivity index (χ4v) is 1.26. The van der Waals surface area contributed by atoms with Crippen molar-refractivity contribution >= 4 is 6.41 Å². The van der Waals surface area contributed by atoms with Gasteiger partial charge in [-0.2, -0.15) is 0 Å². The van der Waals surface area contributed by atoms with E-state index in [0.717, 1.165) is 19.5 Å². The van der Waals surface area contributed by atoms with Crippen molar-refractivity contribution in [3.63, 3.8) is 0 Å². The van der Waals surface area contributed by atoms with Crippen LogP contribution in [-0.2, 0) is 4.79 Å². The lowest BCUT2D eigenvalue weighted by Gasteiger charge is -2.36. The van der Waals surface area contributed by atoms with E-state index in [-0.39, 0.29) is 12.6 Å². The van der Waals surface area contributed by atoms with Gasteiger partial charge in [-0.25, -0.2) is 0 Å². The average molecular weight is 158 g/mol. The van der Waals surface area contributed by atoms with Crippen molar-refractivity contribution in [3.8, 4) is 0 Å². The fraction of sp³-hybridized carbons (Fsp3) is 0.857. The van der Waals surface area contributed by atoms with Crippen molar-refractivity contribution in [1.29, 1.82) is 0 Å². The summed E-state index contributed by atoms with van der Waals surface area (Å²) in [5, 5.41) is 8.89. The second-order valence-electron chi connectivity index (χ2n) is 2.92. The van der Waals surface area contributed by atoms with E-state index in [0.29, 0.717) is 6.54 Å². The molecule has 0 aromatic carbocycles. The highest BCUT2D eigenvalue weighted by Crippen LogP contribution is 2.04. The molecule has 0 bridgehead atoms. The Hall–Kier alpha value is -0.610. The lowest BCUT2D eigenvalue weighted by Crippen LogP contribution is -2.52. The number of amides is 1. The first-order valence-corrected chi connectivity index (χ1v) is 3.78. The first kappa shape index (κ1) is 8.49. The van der Waals surface area contributed by atoms with E-state index >= 15 is 0 Å². The monoisotopic (exact) mass is 158 g/mol. The molecule has 0 aromatic heterocycles. The summed E-state index contributed by atoms with van der Waals surface area (Å²) < 4.78 is 0. The molecule has 0 aliphatic carbocycles. The Balaban J connectivity index is 2.43. The van der Waals surface area contributed by atoms with Crippen molar-refractivity contribution in [1.82, 2.24) is 9.80 Å². The minimum Gasteiger partial charge on any atom is -0.395 e. The van der Waals surface area contributed by atoms with Crippen molar-refractivity contribution in [2.75, 3.05) is 33.3 Å². The predicted molar refractivity (Wildman–Crippen MR) is 41.1 cm³/mol.